The van der Waals surface area contributed by atoms with Gasteiger partial charge in [0, 0.05) is 35.5 Å². The van der Waals surface area contributed by atoms with Crippen LogP contribution in [0.4, 0.5) is 0 Å². The molecule has 1 unspecified atom stereocenters. The molecule has 9 rings (SSSR count). The molecule has 0 aliphatic carbocycles. The minimum atomic E-state index is -3.13. The van der Waals surface area contributed by atoms with Gasteiger partial charge in [0.25, 0.3) is 0 Å². The van der Waals surface area contributed by atoms with Gasteiger partial charge >= 0.3 is 0 Å². The van der Waals surface area contributed by atoms with Crippen LogP contribution in [-0.2, 0) is 4.57 Å². The Morgan fingerprint density at radius 2 is 0.979 bits per heavy atom. The van der Waals surface area contributed by atoms with E-state index in [9.17, 15) is 0 Å². The van der Waals surface area contributed by atoms with Gasteiger partial charge in [-0.25, -0.2) is 0 Å². The molecule has 7 aromatic rings. The Kier molecular flexibility index (Phi) is 7.02. The van der Waals surface area contributed by atoms with Gasteiger partial charge in [-0.2, -0.15) is 0 Å². The third-order valence-electron chi connectivity index (χ3n) is 9.48. The van der Waals surface area contributed by atoms with Crippen LogP contribution in [0.3, 0.4) is 0 Å². The van der Waals surface area contributed by atoms with Crippen LogP contribution >= 0.6 is 30.7 Å². The van der Waals surface area contributed by atoms with Gasteiger partial charge in [0.05, 0.1) is 0 Å². The zero-order chi connectivity index (χ0) is 31.4. The highest BCUT2D eigenvalue weighted by Crippen LogP contribution is 2.47. The molecule has 0 radical (unpaired) electrons. The Hall–Kier alpha value is -4.31. The van der Waals surface area contributed by atoms with Crippen LogP contribution in [0.5, 0.6) is 0 Å². The highest BCUT2D eigenvalue weighted by atomic mass is 32.2. The Bertz CT molecular complexity index is 2290. The zero-order valence-electron chi connectivity index (χ0n) is 25.4. The molecule has 0 saturated heterocycles. The van der Waals surface area contributed by atoms with Crippen molar-refractivity contribution >= 4 is 75.4 Å². The minimum Gasteiger partial charge on any atom is -0.309 e. The van der Waals surface area contributed by atoms with E-state index in [1.54, 1.807) is 0 Å². The monoisotopic (exact) mass is 672 g/mol. The van der Waals surface area contributed by atoms with Gasteiger partial charge in [0.15, 0.2) is 15.2 Å². The van der Waals surface area contributed by atoms with Gasteiger partial charge in [0.2, 0.25) is 0 Å². The van der Waals surface area contributed by atoms with Crippen LogP contribution in [-0.4, -0.2) is 8.07 Å². The molecule has 2 aliphatic heterocycles. The fourth-order valence-electron chi connectivity index (χ4n) is 7.45. The van der Waals surface area contributed by atoms with E-state index in [1.807, 2.05) is 90.3 Å². The van der Waals surface area contributed by atoms with Crippen molar-refractivity contribution in [2.45, 2.75) is 19.6 Å². The molecule has 2 aliphatic rings. The quantitative estimate of drug-likeness (QED) is 0.141. The standard InChI is InChI=1S/C42H29OPS2Si/c43-44(31-16-4-1-5-17-31,32-18-6-2-7-19-32)33-20-14-15-30(29-33)35-27-28-38-42-41(35)46-37-24-11-13-26-40(37)47(42,34-21-8-3-9-22-34)39-25-12-10-23-36(39)45-38/h1-29H. The maximum Gasteiger partial charge on any atom is 0.184 e. The number of benzene rings is 7. The lowest BCUT2D eigenvalue weighted by atomic mass is 10.1. The second-order valence-electron chi connectivity index (χ2n) is 12.0. The van der Waals surface area contributed by atoms with E-state index in [1.165, 1.54) is 45.9 Å². The summed E-state index contributed by atoms with van der Waals surface area (Å²) < 4.78 is 15.4. The van der Waals surface area contributed by atoms with E-state index in [2.05, 4.69) is 109 Å². The summed E-state index contributed by atoms with van der Waals surface area (Å²) in [6, 6.07) is 62.4. The van der Waals surface area contributed by atoms with E-state index in [0.717, 1.165) is 21.5 Å². The lowest BCUT2D eigenvalue weighted by Gasteiger charge is -2.44. The van der Waals surface area contributed by atoms with Gasteiger partial charge < -0.3 is 4.57 Å². The van der Waals surface area contributed by atoms with Crippen LogP contribution in [0.1, 0.15) is 0 Å². The number of hydrogen-bond donors (Lipinski definition) is 0. The molecule has 5 heteroatoms. The summed E-state index contributed by atoms with van der Waals surface area (Å²) >= 11 is 3.80. The molecular formula is C42H29OPS2Si. The van der Waals surface area contributed by atoms with Crippen molar-refractivity contribution in [2.24, 2.45) is 0 Å². The summed E-state index contributed by atoms with van der Waals surface area (Å²) in [6.45, 7) is 0. The van der Waals surface area contributed by atoms with Crippen molar-refractivity contribution < 1.29 is 4.57 Å². The van der Waals surface area contributed by atoms with Gasteiger partial charge in [-0.15, -0.1) is 0 Å². The molecule has 0 aromatic heterocycles. The van der Waals surface area contributed by atoms with Crippen molar-refractivity contribution in [3.63, 3.8) is 0 Å². The van der Waals surface area contributed by atoms with Crippen LogP contribution in [0, 0.1) is 0 Å². The smallest absolute Gasteiger partial charge is 0.184 e. The van der Waals surface area contributed by atoms with Crippen molar-refractivity contribution in [2.75, 3.05) is 0 Å². The van der Waals surface area contributed by atoms with E-state index in [0.29, 0.717) is 0 Å². The number of rotatable bonds is 5. The average molecular weight is 673 g/mol. The molecule has 47 heavy (non-hydrogen) atoms. The van der Waals surface area contributed by atoms with Crippen LogP contribution in [0.15, 0.2) is 196 Å². The highest BCUT2D eigenvalue weighted by Gasteiger charge is 2.52. The molecule has 1 atom stereocenters. The van der Waals surface area contributed by atoms with Crippen LogP contribution in [0.25, 0.3) is 11.1 Å². The summed E-state index contributed by atoms with van der Waals surface area (Å²) in [5, 5.41) is 8.36. The van der Waals surface area contributed by atoms with Gasteiger partial charge in [-0.3, -0.25) is 0 Å². The fourth-order valence-corrected chi connectivity index (χ4v) is 19.6. The van der Waals surface area contributed by atoms with Crippen LogP contribution in [0.2, 0.25) is 0 Å². The molecule has 0 spiro atoms. The molecule has 0 amide bonds. The minimum absolute atomic E-state index is 0.849. The molecule has 1 nitrogen and oxygen atoms in total. The van der Waals surface area contributed by atoms with Gasteiger partial charge in [0.1, 0.15) is 0 Å². The number of fused-ring (bicyclic) bond motifs is 4. The average Bonchev–Trinajstić information content (AvgIpc) is 3.15. The fraction of sp³-hybridized carbons (Fsp3) is 0. The number of hydrogen-bond acceptors (Lipinski definition) is 3. The first kappa shape index (κ1) is 28.9. The predicted octanol–water partition coefficient (Wildman–Crippen LogP) is 7.30. The van der Waals surface area contributed by atoms with Crippen molar-refractivity contribution in [3.8, 4) is 11.1 Å². The van der Waals surface area contributed by atoms with E-state index < -0.39 is 15.2 Å². The molecule has 0 saturated carbocycles. The Morgan fingerprint density at radius 3 is 1.62 bits per heavy atom. The van der Waals surface area contributed by atoms with Gasteiger partial charge in [-0.1, -0.05) is 175 Å². The summed E-state index contributed by atoms with van der Waals surface area (Å²) in [7, 11) is -5.80. The Morgan fingerprint density at radius 1 is 0.447 bits per heavy atom. The first-order valence-corrected chi connectivity index (χ1v) is 21.1. The second kappa shape index (κ2) is 11.4. The molecule has 0 fully saturated rings. The molecule has 2 heterocycles. The maximum atomic E-state index is 15.4. The SMILES string of the molecule is O=P(c1ccccc1)(c1ccccc1)c1cccc(-c2ccc3c4c2Sc2ccccc2[Si]4(c2ccccc2)c2ccccc2S3)c1. The Balaban J connectivity index is 1.32. The molecule has 224 valence electrons. The topological polar surface area (TPSA) is 17.1 Å². The normalized spacial score (nSPS) is 16.1. The maximum absolute atomic E-state index is 15.4. The highest BCUT2D eigenvalue weighted by molar-refractivity contribution is 8.01. The summed E-state index contributed by atoms with van der Waals surface area (Å²) in [5.74, 6) is 0. The molecule has 7 aromatic carbocycles. The Labute approximate surface area is 285 Å². The van der Waals surface area contributed by atoms with E-state index in [-0.39, 0.29) is 0 Å². The summed E-state index contributed by atoms with van der Waals surface area (Å²) in [5.41, 5.74) is 2.30. The van der Waals surface area contributed by atoms with Crippen LogP contribution < -0.4 is 36.7 Å². The van der Waals surface area contributed by atoms with Crippen molar-refractivity contribution in [1.82, 2.24) is 0 Å². The summed E-state index contributed by atoms with van der Waals surface area (Å²) in [4.78, 5) is 5.34. The third kappa shape index (κ3) is 4.36. The lowest BCUT2D eigenvalue weighted by Crippen LogP contribution is -2.78. The third-order valence-corrected chi connectivity index (χ3v) is 20.6. The summed E-state index contributed by atoms with van der Waals surface area (Å²) in [6.07, 6.45) is 0. The van der Waals surface area contributed by atoms with E-state index in [4.69, 9.17) is 0 Å². The van der Waals surface area contributed by atoms with Crippen molar-refractivity contribution in [3.05, 3.63) is 176 Å². The first-order valence-electron chi connectivity index (χ1n) is 15.8. The lowest BCUT2D eigenvalue weighted by molar-refractivity contribution is 0.592. The zero-order valence-corrected chi connectivity index (χ0v) is 28.9. The largest absolute Gasteiger partial charge is 0.309 e. The predicted molar refractivity (Wildman–Crippen MR) is 203 cm³/mol. The second-order valence-corrected chi connectivity index (χ2v) is 20.5. The molecule has 0 bridgehead atoms. The molecular weight excluding hydrogens is 644 g/mol. The first-order chi connectivity index (χ1) is 23.2. The van der Waals surface area contributed by atoms with E-state index >= 15 is 4.57 Å². The van der Waals surface area contributed by atoms with Gasteiger partial charge in [-0.05, 0) is 56.1 Å². The van der Waals surface area contributed by atoms with Crippen molar-refractivity contribution in [1.29, 1.82) is 0 Å². The molecule has 0 N–H and O–H groups in total.